The molecule has 0 radical (unpaired) electrons. The van der Waals surface area contributed by atoms with Crippen molar-refractivity contribution in [1.29, 1.82) is 0 Å². The maximum absolute atomic E-state index is 14.9. The van der Waals surface area contributed by atoms with Crippen LogP contribution in [0.25, 0.3) is 22.3 Å². The number of hydrogen-bond donors (Lipinski definition) is 0. The monoisotopic (exact) mass is 502 g/mol. The number of esters is 1. The minimum absolute atomic E-state index is 0.193. The fourth-order valence-corrected chi connectivity index (χ4v) is 4.67. The Morgan fingerprint density at radius 2 is 1.22 bits per heavy atom. The van der Waals surface area contributed by atoms with Gasteiger partial charge in [0.05, 0.1) is 0 Å². The lowest BCUT2D eigenvalue weighted by atomic mass is 9.93. The third kappa shape index (κ3) is 8.84. The van der Waals surface area contributed by atoms with Gasteiger partial charge < -0.3 is 4.74 Å². The van der Waals surface area contributed by atoms with Gasteiger partial charge in [0.15, 0.2) is 0 Å². The topological polar surface area (TPSA) is 26.3 Å². The van der Waals surface area contributed by atoms with E-state index in [1.807, 2.05) is 18.2 Å². The summed E-state index contributed by atoms with van der Waals surface area (Å²) in [5, 5.41) is 0. The van der Waals surface area contributed by atoms with Crippen molar-refractivity contribution in [3.05, 3.63) is 78.4 Å². The average Bonchev–Trinajstić information content (AvgIpc) is 2.92. The first-order valence-electron chi connectivity index (χ1n) is 14.1. The van der Waals surface area contributed by atoms with Gasteiger partial charge in [0.2, 0.25) is 5.67 Å². The predicted molar refractivity (Wildman–Crippen MR) is 154 cm³/mol. The zero-order chi connectivity index (χ0) is 26.5. The van der Waals surface area contributed by atoms with Crippen molar-refractivity contribution in [2.45, 2.75) is 97.1 Å². The molecule has 3 rings (SSSR count). The second-order valence-electron chi connectivity index (χ2n) is 10.3. The van der Waals surface area contributed by atoms with E-state index in [4.69, 9.17) is 4.74 Å². The third-order valence-corrected chi connectivity index (χ3v) is 7.06. The number of ether oxygens (including phenoxy) is 1. The second-order valence-corrected chi connectivity index (χ2v) is 10.3. The average molecular weight is 503 g/mol. The highest BCUT2D eigenvalue weighted by atomic mass is 19.1. The summed E-state index contributed by atoms with van der Waals surface area (Å²) in [5.41, 5.74) is 3.88. The van der Waals surface area contributed by atoms with Gasteiger partial charge in [0.25, 0.3) is 0 Å². The Morgan fingerprint density at radius 1 is 0.703 bits per heavy atom. The molecule has 0 saturated heterocycles. The Bertz CT molecular complexity index is 1080. The Hall–Kier alpha value is -2.94. The quantitative estimate of drug-likeness (QED) is 0.117. The number of alkyl halides is 1. The van der Waals surface area contributed by atoms with Gasteiger partial charge in [-0.15, -0.1) is 0 Å². The first-order chi connectivity index (χ1) is 17.9. The minimum Gasteiger partial charge on any atom is -0.424 e. The molecule has 0 aliphatic heterocycles. The molecule has 3 aromatic carbocycles. The van der Waals surface area contributed by atoms with Crippen molar-refractivity contribution in [3.8, 4) is 28.0 Å². The summed E-state index contributed by atoms with van der Waals surface area (Å²) in [6, 6.07) is 24.6. The van der Waals surface area contributed by atoms with Crippen LogP contribution in [0.2, 0.25) is 0 Å². The van der Waals surface area contributed by atoms with Crippen LogP contribution in [0.3, 0.4) is 0 Å². The molecule has 0 spiro atoms. The summed E-state index contributed by atoms with van der Waals surface area (Å²) < 4.78 is 20.3. The third-order valence-electron chi connectivity index (χ3n) is 7.06. The van der Waals surface area contributed by atoms with Crippen LogP contribution in [0.1, 0.15) is 90.5 Å². The van der Waals surface area contributed by atoms with Crippen molar-refractivity contribution in [2.24, 2.45) is 0 Å². The molecule has 0 N–H and O–H groups in total. The lowest BCUT2D eigenvalue weighted by molar-refractivity contribution is -0.147. The molecule has 37 heavy (non-hydrogen) atoms. The Morgan fingerprint density at radius 3 is 1.78 bits per heavy atom. The molecule has 0 aliphatic carbocycles. The number of carbonyl (C=O) groups is 1. The zero-order valence-electron chi connectivity index (χ0n) is 22.9. The lowest BCUT2D eigenvalue weighted by Gasteiger charge is -2.18. The van der Waals surface area contributed by atoms with Crippen molar-refractivity contribution < 1.29 is 13.9 Å². The van der Waals surface area contributed by atoms with Crippen LogP contribution in [0.5, 0.6) is 5.75 Å². The normalized spacial score (nSPS) is 12.8. The summed E-state index contributed by atoms with van der Waals surface area (Å²) in [6.45, 7) is 5.72. The Balaban J connectivity index is 1.64. The maximum atomic E-state index is 14.9. The molecule has 0 fully saturated rings. The molecule has 0 bridgehead atoms. The van der Waals surface area contributed by atoms with E-state index in [0.29, 0.717) is 12.2 Å². The molecule has 0 amide bonds. The van der Waals surface area contributed by atoms with E-state index in [2.05, 4.69) is 56.3 Å². The summed E-state index contributed by atoms with van der Waals surface area (Å²) in [5.74, 6) is -0.445. The van der Waals surface area contributed by atoms with E-state index in [9.17, 15) is 9.18 Å². The summed E-state index contributed by atoms with van der Waals surface area (Å²) in [6.07, 6.45) is 11.4. The molecule has 3 aromatic rings. The molecule has 3 heteroatoms. The summed E-state index contributed by atoms with van der Waals surface area (Å²) in [4.78, 5) is 12.5. The summed E-state index contributed by atoms with van der Waals surface area (Å²) in [7, 11) is 0. The molecule has 0 aliphatic rings. The molecule has 0 heterocycles. The van der Waals surface area contributed by atoms with Gasteiger partial charge in [-0.3, -0.25) is 0 Å². The van der Waals surface area contributed by atoms with Crippen LogP contribution in [-0.4, -0.2) is 11.6 Å². The lowest BCUT2D eigenvalue weighted by Crippen LogP contribution is -2.34. The molecule has 0 saturated carbocycles. The number of rotatable bonds is 15. The van der Waals surface area contributed by atoms with Crippen LogP contribution in [0.4, 0.5) is 4.39 Å². The molecule has 198 valence electrons. The van der Waals surface area contributed by atoms with Crippen molar-refractivity contribution >= 4 is 5.97 Å². The minimum atomic E-state index is -1.97. The zero-order valence-corrected chi connectivity index (χ0v) is 22.9. The molecule has 0 aromatic heterocycles. The SMILES string of the molecule is CCCCCCCC(C)(F)C(=O)Oc1ccc(-c2ccccc2-c2ccc(CCCCCC)cc2)cc1. The van der Waals surface area contributed by atoms with Gasteiger partial charge in [-0.25, -0.2) is 9.18 Å². The number of benzene rings is 3. The van der Waals surface area contributed by atoms with Crippen LogP contribution in [0.15, 0.2) is 72.8 Å². The van der Waals surface area contributed by atoms with Crippen molar-refractivity contribution in [2.75, 3.05) is 0 Å². The van der Waals surface area contributed by atoms with E-state index >= 15 is 0 Å². The fraction of sp³-hybridized carbons (Fsp3) is 0.441. The molecular formula is C34H43FO2. The van der Waals surface area contributed by atoms with Crippen molar-refractivity contribution in [3.63, 3.8) is 0 Å². The Kier molecular flexibility index (Phi) is 11.4. The number of aryl methyl sites for hydroxylation is 1. The van der Waals surface area contributed by atoms with E-state index in [0.717, 1.165) is 48.8 Å². The van der Waals surface area contributed by atoms with Gasteiger partial charge in [-0.05, 0) is 72.6 Å². The van der Waals surface area contributed by atoms with Gasteiger partial charge in [0.1, 0.15) is 5.75 Å². The van der Waals surface area contributed by atoms with E-state index in [1.54, 1.807) is 12.1 Å². The predicted octanol–water partition coefficient (Wildman–Crippen LogP) is 10.1. The van der Waals surface area contributed by atoms with Crippen molar-refractivity contribution in [1.82, 2.24) is 0 Å². The highest BCUT2D eigenvalue weighted by Crippen LogP contribution is 2.33. The van der Waals surface area contributed by atoms with E-state index < -0.39 is 11.6 Å². The van der Waals surface area contributed by atoms with Gasteiger partial charge in [-0.1, -0.05) is 119 Å². The Labute approximate surface area is 223 Å². The number of carbonyl (C=O) groups excluding carboxylic acids is 1. The highest BCUT2D eigenvalue weighted by molar-refractivity contribution is 5.84. The van der Waals surface area contributed by atoms with Gasteiger partial charge in [0, 0.05) is 0 Å². The first-order valence-corrected chi connectivity index (χ1v) is 14.1. The number of unbranched alkanes of at least 4 members (excludes halogenated alkanes) is 7. The van der Waals surface area contributed by atoms with Crippen LogP contribution in [0, 0.1) is 0 Å². The highest BCUT2D eigenvalue weighted by Gasteiger charge is 2.34. The van der Waals surface area contributed by atoms with Crippen LogP contribution >= 0.6 is 0 Å². The first kappa shape index (κ1) is 28.6. The molecule has 2 nitrogen and oxygen atoms in total. The maximum Gasteiger partial charge on any atom is 0.348 e. The standard InChI is InChI=1S/C34H43FO2/c1-4-6-8-10-14-26-34(3,35)33(36)37-30-24-22-29(23-25-30)32-17-13-12-16-31(32)28-20-18-27(19-21-28)15-11-9-7-5-2/h12-13,16-25H,4-11,14-15,26H2,1-3H3. The molecule has 1 unspecified atom stereocenters. The number of hydrogen-bond acceptors (Lipinski definition) is 2. The largest absolute Gasteiger partial charge is 0.424 e. The van der Waals surface area contributed by atoms with Gasteiger partial charge in [-0.2, -0.15) is 0 Å². The smallest absolute Gasteiger partial charge is 0.348 e. The van der Waals surface area contributed by atoms with Gasteiger partial charge >= 0.3 is 5.97 Å². The molecule has 1 atom stereocenters. The van der Waals surface area contributed by atoms with E-state index in [1.165, 1.54) is 43.7 Å². The second kappa shape index (κ2) is 14.7. The number of halogens is 1. The molecular weight excluding hydrogens is 459 g/mol. The van der Waals surface area contributed by atoms with Crippen LogP contribution < -0.4 is 4.74 Å². The fourth-order valence-electron chi connectivity index (χ4n) is 4.67. The van der Waals surface area contributed by atoms with Crippen LogP contribution in [-0.2, 0) is 11.2 Å². The summed E-state index contributed by atoms with van der Waals surface area (Å²) >= 11 is 0. The van der Waals surface area contributed by atoms with E-state index in [-0.39, 0.29) is 6.42 Å².